The molecule has 0 unspecified atom stereocenters. The molecule has 0 fully saturated rings. The Balaban J connectivity index is 3.99. The molecule has 23 heavy (non-hydrogen) atoms. The van der Waals surface area contributed by atoms with Crippen LogP contribution in [0.5, 0.6) is 0 Å². The SMILES string of the molecule is CCNC(O)(O)NCCNC(O)(O)NCNC(O)(O)NC(C)=O. The van der Waals surface area contributed by atoms with Gasteiger partial charge in [0.25, 0.3) is 12.1 Å². The van der Waals surface area contributed by atoms with E-state index in [1.165, 1.54) is 0 Å². The van der Waals surface area contributed by atoms with E-state index in [0.29, 0.717) is 6.54 Å². The van der Waals surface area contributed by atoms with Crippen LogP contribution in [0.4, 0.5) is 0 Å². The highest BCUT2D eigenvalue weighted by molar-refractivity contribution is 5.73. The molecule has 0 saturated carbocycles. The van der Waals surface area contributed by atoms with Gasteiger partial charge in [-0.1, -0.05) is 6.92 Å². The molecule has 0 radical (unpaired) electrons. The molecule has 0 aromatic carbocycles. The summed E-state index contributed by atoms with van der Waals surface area (Å²) in [5.74, 6) is -0.719. The minimum absolute atomic E-state index is 0.0478. The molecule has 138 valence electrons. The van der Waals surface area contributed by atoms with Gasteiger partial charge >= 0.3 is 6.03 Å². The lowest BCUT2D eigenvalue weighted by molar-refractivity contribution is -0.232. The van der Waals surface area contributed by atoms with E-state index in [2.05, 4.69) is 21.3 Å². The third kappa shape index (κ3) is 12.2. The maximum absolute atomic E-state index is 10.7. The van der Waals surface area contributed by atoms with Gasteiger partial charge in [0.1, 0.15) is 0 Å². The predicted octanol–water partition coefficient (Wildman–Crippen LogP) is -6.16. The normalized spacial score (nSPS) is 13.2. The third-order valence-electron chi connectivity index (χ3n) is 2.31. The Labute approximate surface area is 132 Å². The fraction of sp³-hybridized carbons (Fsp3) is 0.900. The van der Waals surface area contributed by atoms with E-state index < -0.39 is 30.7 Å². The summed E-state index contributed by atoms with van der Waals surface area (Å²) >= 11 is 0. The molecule has 0 heterocycles. The first-order chi connectivity index (χ1) is 10.4. The van der Waals surface area contributed by atoms with E-state index in [0.717, 1.165) is 6.92 Å². The first-order valence-corrected chi connectivity index (χ1v) is 6.77. The van der Waals surface area contributed by atoms with Crippen LogP contribution in [-0.2, 0) is 4.79 Å². The number of aliphatic hydroxyl groups is 6. The van der Waals surface area contributed by atoms with Crippen molar-refractivity contribution < 1.29 is 35.4 Å². The maximum Gasteiger partial charge on any atom is 0.312 e. The number of nitrogens with one attached hydrogen (secondary N) is 6. The third-order valence-corrected chi connectivity index (χ3v) is 2.31. The number of rotatable bonds is 12. The summed E-state index contributed by atoms with van der Waals surface area (Å²) in [6.07, 6.45) is 0. The van der Waals surface area contributed by atoms with Crippen LogP contribution < -0.4 is 31.9 Å². The minimum atomic E-state index is -2.73. The maximum atomic E-state index is 10.7. The lowest BCUT2D eigenvalue weighted by Crippen LogP contribution is -2.66. The average Bonchev–Trinajstić information content (AvgIpc) is 2.32. The second-order valence-corrected chi connectivity index (χ2v) is 4.61. The van der Waals surface area contributed by atoms with Gasteiger partial charge in [-0.25, -0.2) is 10.6 Å². The molecular formula is C10H26N6O7. The van der Waals surface area contributed by atoms with Crippen molar-refractivity contribution in [3.8, 4) is 0 Å². The standard InChI is InChI=1S/C10H26N6O7/c1-3-11-8(18,19)12-4-5-13-9(20,21)14-6-15-10(22,23)16-7(2)17/h11-15,18-23H,3-6H2,1-2H3,(H,16,17). The highest BCUT2D eigenvalue weighted by Gasteiger charge is 2.27. The summed E-state index contributed by atoms with van der Waals surface area (Å²) in [4.78, 5) is 10.7. The molecule has 1 amide bonds. The first-order valence-electron chi connectivity index (χ1n) is 6.77. The first kappa shape index (κ1) is 22.0. The van der Waals surface area contributed by atoms with Gasteiger partial charge in [0.05, 0.1) is 6.67 Å². The molecule has 0 bridgehead atoms. The van der Waals surface area contributed by atoms with Crippen LogP contribution in [0.2, 0.25) is 0 Å². The molecule has 0 aliphatic rings. The van der Waals surface area contributed by atoms with Crippen molar-refractivity contribution in [2.75, 3.05) is 26.3 Å². The van der Waals surface area contributed by atoms with Crippen molar-refractivity contribution in [1.82, 2.24) is 31.9 Å². The zero-order chi connectivity index (χ0) is 18.1. The molecule has 0 aliphatic heterocycles. The summed E-state index contributed by atoms with van der Waals surface area (Å²) in [7, 11) is 0. The molecule has 13 heteroatoms. The highest BCUT2D eigenvalue weighted by Crippen LogP contribution is 1.90. The molecule has 0 aromatic heterocycles. The zero-order valence-corrected chi connectivity index (χ0v) is 12.9. The molecule has 0 rings (SSSR count). The van der Waals surface area contributed by atoms with Gasteiger partial charge in [-0.2, -0.15) is 0 Å². The average molecular weight is 342 g/mol. The predicted molar refractivity (Wildman–Crippen MR) is 76.1 cm³/mol. The quantitative estimate of drug-likeness (QED) is 0.118. The lowest BCUT2D eigenvalue weighted by atomic mass is 10.5. The number of carbonyl (C=O) groups is 1. The van der Waals surface area contributed by atoms with Crippen molar-refractivity contribution in [2.24, 2.45) is 0 Å². The number of carbonyl (C=O) groups excluding carboxylic acids is 1. The van der Waals surface area contributed by atoms with Crippen LogP contribution in [0.1, 0.15) is 13.8 Å². The lowest BCUT2D eigenvalue weighted by Gasteiger charge is -2.28. The number of hydrogen-bond donors (Lipinski definition) is 12. The Morgan fingerprint density at radius 2 is 1.22 bits per heavy atom. The van der Waals surface area contributed by atoms with E-state index >= 15 is 0 Å². The Kier molecular flexibility index (Phi) is 8.96. The summed E-state index contributed by atoms with van der Waals surface area (Å²) in [6, 6.07) is -7.60. The van der Waals surface area contributed by atoms with E-state index in [1.54, 1.807) is 12.2 Å². The molecule has 0 aliphatic carbocycles. The van der Waals surface area contributed by atoms with Crippen molar-refractivity contribution >= 4 is 5.91 Å². The van der Waals surface area contributed by atoms with Gasteiger partial charge < -0.3 is 30.6 Å². The molecule has 0 saturated heterocycles. The second kappa shape index (κ2) is 9.36. The van der Waals surface area contributed by atoms with E-state index in [4.69, 9.17) is 0 Å². The number of hydrogen-bond acceptors (Lipinski definition) is 12. The van der Waals surface area contributed by atoms with Gasteiger partial charge in [-0.05, 0) is 6.54 Å². The molecule has 13 nitrogen and oxygen atoms in total. The van der Waals surface area contributed by atoms with Crippen molar-refractivity contribution in [1.29, 1.82) is 0 Å². The van der Waals surface area contributed by atoms with Gasteiger partial charge in [-0.3, -0.25) is 26.1 Å². The smallest absolute Gasteiger partial charge is 0.312 e. The summed E-state index contributed by atoms with van der Waals surface area (Å²) in [5, 5.41) is 68.7. The molecule has 0 aromatic rings. The van der Waals surface area contributed by atoms with Crippen molar-refractivity contribution in [3.05, 3.63) is 0 Å². The summed E-state index contributed by atoms with van der Waals surface area (Å²) in [6.45, 7) is 2.36. The monoisotopic (exact) mass is 342 g/mol. The van der Waals surface area contributed by atoms with Crippen LogP contribution in [0.3, 0.4) is 0 Å². The largest absolute Gasteiger partial charge is 0.341 e. The fourth-order valence-electron chi connectivity index (χ4n) is 1.43. The van der Waals surface area contributed by atoms with Gasteiger partial charge in [-0.15, -0.1) is 0 Å². The zero-order valence-electron chi connectivity index (χ0n) is 12.9. The van der Waals surface area contributed by atoms with Gasteiger partial charge in [0.15, 0.2) is 0 Å². The van der Waals surface area contributed by atoms with E-state index in [9.17, 15) is 35.4 Å². The molecule has 0 spiro atoms. The number of amides is 1. The second-order valence-electron chi connectivity index (χ2n) is 4.61. The molecule has 12 N–H and O–H groups in total. The fourth-order valence-corrected chi connectivity index (χ4v) is 1.43. The molecular weight excluding hydrogens is 316 g/mol. The van der Waals surface area contributed by atoms with Crippen LogP contribution in [-0.4, -0.2) is 81.0 Å². The van der Waals surface area contributed by atoms with Crippen LogP contribution >= 0.6 is 0 Å². The Morgan fingerprint density at radius 3 is 1.65 bits per heavy atom. The summed E-state index contributed by atoms with van der Waals surface area (Å²) < 4.78 is 0. The van der Waals surface area contributed by atoms with Gasteiger partial charge in [0.2, 0.25) is 5.91 Å². The van der Waals surface area contributed by atoms with Crippen molar-refractivity contribution in [2.45, 2.75) is 32.0 Å². The van der Waals surface area contributed by atoms with Gasteiger partial charge in [0, 0.05) is 20.0 Å². The Bertz CT molecular complexity index is 366. The molecule has 0 atom stereocenters. The van der Waals surface area contributed by atoms with E-state index in [-0.39, 0.29) is 13.1 Å². The Morgan fingerprint density at radius 1 is 0.783 bits per heavy atom. The van der Waals surface area contributed by atoms with Crippen LogP contribution in [0.15, 0.2) is 0 Å². The van der Waals surface area contributed by atoms with Crippen LogP contribution in [0, 0.1) is 0 Å². The Hall–Kier alpha value is -0.970. The van der Waals surface area contributed by atoms with Crippen molar-refractivity contribution in [3.63, 3.8) is 0 Å². The topological polar surface area (TPSA) is 211 Å². The highest BCUT2D eigenvalue weighted by atomic mass is 16.6. The minimum Gasteiger partial charge on any atom is -0.341 e. The van der Waals surface area contributed by atoms with E-state index in [1.807, 2.05) is 5.32 Å². The summed E-state index contributed by atoms with van der Waals surface area (Å²) in [5.41, 5.74) is 0. The van der Waals surface area contributed by atoms with Crippen LogP contribution in [0.25, 0.3) is 0 Å².